The summed E-state index contributed by atoms with van der Waals surface area (Å²) < 4.78 is 7.06. The maximum absolute atomic E-state index is 12.4. The van der Waals surface area contributed by atoms with E-state index in [0.29, 0.717) is 12.2 Å². The molecule has 0 atom stereocenters. The van der Waals surface area contributed by atoms with E-state index >= 15 is 0 Å². The normalized spacial score (nSPS) is 15.0. The van der Waals surface area contributed by atoms with Crippen molar-refractivity contribution in [1.29, 1.82) is 0 Å². The summed E-state index contributed by atoms with van der Waals surface area (Å²) >= 11 is 0. The quantitative estimate of drug-likeness (QED) is 0.353. The Hall–Kier alpha value is -3.61. The lowest BCUT2D eigenvalue weighted by molar-refractivity contribution is -0.122. The molecule has 1 aromatic carbocycles. The van der Waals surface area contributed by atoms with Crippen molar-refractivity contribution in [1.82, 2.24) is 14.8 Å². The van der Waals surface area contributed by atoms with E-state index in [9.17, 15) is 14.4 Å². The Labute approximate surface area is 169 Å². The molecule has 29 heavy (non-hydrogen) atoms. The zero-order chi connectivity index (χ0) is 21.1. The third-order valence-electron chi connectivity index (χ3n) is 4.66. The molecule has 1 fully saturated rings. The summed E-state index contributed by atoms with van der Waals surface area (Å²) in [6.07, 6.45) is 3.17. The first-order chi connectivity index (χ1) is 13.9. The number of amides is 3. The van der Waals surface area contributed by atoms with E-state index in [1.54, 1.807) is 31.2 Å². The van der Waals surface area contributed by atoms with Crippen LogP contribution in [0.25, 0.3) is 11.8 Å². The van der Waals surface area contributed by atoms with Gasteiger partial charge in [0.15, 0.2) is 0 Å². The summed E-state index contributed by atoms with van der Waals surface area (Å²) in [6, 6.07) is 8.63. The summed E-state index contributed by atoms with van der Waals surface area (Å²) in [7, 11) is 0. The minimum absolute atomic E-state index is 0.154. The molecule has 1 aromatic heterocycles. The smallest absolute Gasteiger partial charge is 0.338 e. The summed E-state index contributed by atoms with van der Waals surface area (Å²) in [6.45, 7) is 9.65. The molecule has 0 bridgehead atoms. The van der Waals surface area contributed by atoms with E-state index < -0.39 is 6.03 Å². The number of ether oxygens (including phenoxy) is 1. The molecule has 7 nitrogen and oxygen atoms in total. The van der Waals surface area contributed by atoms with E-state index in [4.69, 9.17) is 4.74 Å². The third-order valence-corrected chi connectivity index (χ3v) is 4.66. The average Bonchev–Trinajstić information content (AvgIpc) is 3.12. The second-order valence-electron chi connectivity index (χ2n) is 6.63. The molecular formula is C22H23N3O4. The molecule has 2 heterocycles. The monoisotopic (exact) mass is 393 g/mol. The van der Waals surface area contributed by atoms with Gasteiger partial charge in [-0.1, -0.05) is 12.1 Å². The van der Waals surface area contributed by atoms with Crippen LogP contribution in [0.3, 0.4) is 0 Å². The number of aromatic nitrogens is 1. The Morgan fingerprint density at radius 2 is 2.00 bits per heavy atom. The number of rotatable bonds is 6. The third kappa shape index (κ3) is 3.85. The topological polar surface area (TPSA) is 80.6 Å². The number of benzene rings is 1. The van der Waals surface area contributed by atoms with E-state index in [1.807, 2.05) is 30.5 Å². The number of urea groups is 1. The number of hydrogen-bond acceptors (Lipinski definition) is 4. The van der Waals surface area contributed by atoms with Gasteiger partial charge in [0.2, 0.25) is 0 Å². The second kappa shape index (κ2) is 8.18. The molecule has 150 valence electrons. The molecule has 3 rings (SSSR count). The lowest BCUT2D eigenvalue weighted by Gasteiger charge is -2.11. The van der Waals surface area contributed by atoms with Crippen molar-refractivity contribution >= 4 is 24.0 Å². The van der Waals surface area contributed by atoms with Gasteiger partial charge in [-0.2, -0.15) is 0 Å². The van der Waals surface area contributed by atoms with Gasteiger partial charge in [-0.15, -0.1) is 6.58 Å². The van der Waals surface area contributed by atoms with Crippen LogP contribution in [0.1, 0.15) is 34.2 Å². The molecule has 1 saturated heterocycles. The van der Waals surface area contributed by atoms with Gasteiger partial charge >= 0.3 is 12.0 Å². The van der Waals surface area contributed by atoms with Gasteiger partial charge in [-0.3, -0.25) is 9.69 Å². The number of esters is 1. The first kappa shape index (κ1) is 20.1. The predicted molar refractivity (Wildman–Crippen MR) is 110 cm³/mol. The Balaban J connectivity index is 1.97. The van der Waals surface area contributed by atoms with Gasteiger partial charge in [0.25, 0.3) is 5.91 Å². The van der Waals surface area contributed by atoms with Crippen molar-refractivity contribution in [2.24, 2.45) is 0 Å². The minimum atomic E-state index is -0.461. The van der Waals surface area contributed by atoms with Crippen molar-refractivity contribution in [2.75, 3.05) is 13.2 Å². The molecule has 0 radical (unpaired) electrons. The number of carbonyl (C=O) groups excluding carboxylic acids is 3. The lowest BCUT2D eigenvalue weighted by atomic mass is 10.2. The van der Waals surface area contributed by atoms with Crippen molar-refractivity contribution in [3.05, 3.63) is 71.2 Å². The van der Waals surface area contributed by atoms with Crippen LogP contribution in [-0.2, 0) is 9.53 Å². The van der Waals surface area contributed by atoms with Gasteiger partial charge in [0.05, 0.1) is 12.2 Å². The summed E-state index contributed by atoms with van der Waals surface area (Å²) in [4.78, 5) is 37.5. The molecule has 7 heteroatoms. The Morgan fingerprint density at radius 1 is 1.24 bits per heavy atom. The standard InChI is InChI=1S/C22H23N3O4/c1-5-10-24-20(26)19(23-22(24)28)13-17-11-14(3)25(15(17)4)18-9-7-8-16(12-18)21(27)29-6-2/h5,7-9,11-13H,1,6,10H2,2-4H3,(H,23,28). The zero-order valence-corrected chi connectivity index (χ0v) is 16.7. The van der Waals surface area contributed by atoms with E-state index in [1.165, 1.54) is 6.08 Å². The summed E-state index contributed by atoms with van der Waals surface area (Å²) in [5.41, 5.74) is 4.10. The Bertz CT molecular complexity index is 1030. The number of hydrogen-bond donors (Lipinski definition) is 1. The van der Waals surface area contributed by atoms with Crippen LogP contribution in [0.4, 0.5) is 4.79 Å². The highest BCUT2D eigenvalue weighted by Crippen LogP contribution is 2.24. The maximum atomic E-state index is 12.4. The van der Waals surface area contributed by atoms with Crippen molar-refractivity contribution in [2.45, 2.75) is 20.8 Å². The summed E-state index contributed by atoms with van der Waals surface area (Å²) in [5.74, 6) is -0.759. The summed E-state index contributed by atoms with van der Waals surface area (Å²) in [5, 5.41) is 2.60. The number of imide groups is 1. The van der Waals surface area contributed by atoms with E-state index in [0.717, 1.165) is 27.5 Å². The van der Waals surface area contributed by atoms with Crippen LogP contribution in [0, 0.1) is 13.8 Å². The van der Waals surface area contributed by atoms with Crippen LogP contribution in [0.15, 0.2) is 48.7 Å². The molecule has 3 amide bonds. The first-order valence-corrected chi connectivity index (χ1v) is 9.29. The van der Waals surface area contributed by atoms with Crippen LogP contribution >= 0.6 is 0 Å². The lowest BCUT2D eigenvalue weighted by Crippen LogP contribution is -2.30. The van der Waals surface area contributed by atoms with Gasteiger partial charge < -0.3 is 14.6 Å². The predicted octanol–water partition coefficient (Wildman–Crippen LogP) is 3.35. The molecule has 0 saturated carbocycles. The largest absolute Gasteiger partial charge is 0.462 e. The average molecular weight is 393 g/mol. The van der Waals surface area contributed by atoms with Crippen molar-refractivity contribution in [3.8, 4) is 5.69 Å². The van der Waals surface area contributed by atoms with Gasteiger partial charge in [0.1, 0.15) is 5.70 Å². The maximum Gasteiger partial charge on any atom is 0.338 e. The minimum Gasteiger partial charge on any atom is -0.462 e. The fourth-order valence-electron chi connectivity index (χ4n) is 3.34. The Kier molecular flexibility index (Phi) is 5.68. The molecule has 1 N–H and O–H groups in total. The van der Waals surface area contributed by atoms with Crippen LogP contribution in [-0.4, -0.2) is 40.5 Å². The highest BCUT2D eigenvalue weighted by Gasteiger charge is 2.32. The fraction of sp³-hybridized carbons (Fsp3) is 0.227. The number of nitrogens with one attached hydrogen (secondary N) is 1. The molecule has 0 spiro atoms. The van der Waals surface area contributed by atoms with Gasteiger partial charge in [0, 0.05) is 23.6 Å². The number of aryl methyl sites for hydroxylation is 1. The second-order valence-corrected chi connectivity index (χ2v) is 6.63. The zero-order valence-electron chi connectivity index (χ0n) is 16.7. The molecule has 1 aliphatic rings. The Morgan fingerprint density at radius 3 is 2.69 bits per heavy atom. The molecule has 1 aliphatic heterocycles. The highest BCUT2D eigenvalue weighted by molar-refractivity contribution is 6.14. The van der Waals surface area contributed by atoms with Crippen LogP contribution in [0.2, 0.25) is 0 Å². The van der Waals surface area contributed by atoms with Gasteiger partial charge in [-0.25, -0.2) is 9.59 Å². The van der Waals surface area contributed by atoms with Gasteiger partial charge in [-0.05, 0) is 56.7 Å². The fourth-order valence-corrected chi connectivity index (χ4v) is 3.34. The van der Waals surface area contributed by atoms with Crippen LogP contribution < -0.4 is 5.32 Å². The van der Waals surface area contributed by atoms with Crippen LogP contribution in [0.5, 0.6) is 0 Å². The van der Waals surface area contributed by atoms with Crippen molar-refractivity contribution in [3.63, 3.8) is 0 Å². The van der Waals surface area contributed by atoms with Crippen molar-refractivity contribution < 1.29 is 19.1 Å². The van der Waals surface area contributed by atoms with E-state index in [2.05, 4.69) is 11.9 Å². The molecule has 2 aromatic rings. The van der Waals surface area contributed by atoms with E-state index in [-0.39, 0.29) is 24.1 Å². The first-order valence-electron chi connectivity index (χ1n) is 9.29. The molecule has 0 aliphatic carbocycles. The number of carbonyl (C=O) groups is 3. The molecular weight excluding hydrogens is 370 g/mol. The highest BCUT2D eigenvalue weighted by atomic mass is 16.5. The number of nitrogens with zero attached hydrogens (tertiary/aromatic N) is 2. The molecule has 0 unspecified atom stereocenters. The SMILES string of the molecule is C=CCN1C(=O)NC(=Cc2cc(C)n(-c3cccc(C(=O)OCC)c3)c2C)C1=O.